The van der Waals surface area contributed by atoms with E-state index < -0.39 is 0 Å². The number of aliphatic hydroxyl groups excluding tert-OH is 1. The fourth-order valence-electron chi connectivity index (χ4n) is 2.15. The molecule has 1 aliphatic heterocycles. The van der Waals surface area contributed by atoms with Crippen molar-refractivity contribution in [1.29, 1.82) is 0 Å². The van der Waals surface area contributed by atoms with E-state index in [1.165, 1.54) is 12.8 Å². The van der Waals surface area contributed by atoms with Crippen LogP contribution in [-0.4, -0.2) is 62.0 Å². The summed E-state index contributed by atoms with van der Waals surface area (Å²) in [5.74, 6) is 0. The number of hydrogen-bond donors (Lipinski definition) is 2. The quantitative estimate of drug-likeness (QED) is 0.636. The van der Waals surface area contributed by atoms with Crippen LogP contribution in [0.25, 0.3) is 0 Å². The smallest absolute Gasteiger partial charge is 0.0791 e. The van der Waals surface area contributed by atoms with Crippen LogP contribution >= 0.6 is 0 Å². The van der Waals surface area contributed by atoms with Crippen LogP contribution in [0.15, 0.2) is 0 Å². The van der Waals surface area contributed by atoms with Crippen LogP contribution in [-0.2, 0) is 4.74 Å². The lowest BCUT2D eigenvalue weighted by molar-refractivity contribution is 0.109. The molecule has 1 aliphatic rings. The molecule has 0 spiro atoms. The zero-order valence-electron chi connectivity index (χ0n) is 10.6. The van der Waals surface area contributed by atoms with Crippen LogP contribution < -0.4 is 5.32 Å². The molecule has 0 saturated carbocycles. The van der Waals surface area contributed by atoms with E-state index in [1.54, 1.807) is 7.11 Å². The van der Waals surface area contributed by atoms with Crippen LogP contribution in [0, 0.1) is 0 Å². The Hall–Kier alpha value is -0.160. The minimum atomic E-state index is -0.260. The van der Waals surface area contributed by atoms with E-state index in [0.717, 1.165) is 26.1 Å². The number of aliphatic hydroxyl groups is 1. The summed E-state index contributed by atoms with van der Waals surface area (Å²) in [5.41, 5.74) is 0. The SMILES string of the molecule is CCC(COC)NCC(O)CN1CCCC1. The van der Waals surface area contributed by atoms with Gasteiger partial charge in [-0.1, -0.05) is 6.92 Å². The number of β-amino-alcohol motifs (C(OH)–C–C–N with tert-alkyl or cyclic N) is 1. The van der Waals surface area contributed by atoms with Gasteiger partial charge < -0.3 is 20.1 Å². The molecule has 0 bridgehead atoms. The number of rotatable bonds is 8. The summed E-state index contributed by atoms with van der Waals surface area (Å²) < 4.78 is 5.11. The van der Waals surface area contributed by atoms with E-state index in [1.807, 2.05) is 0 Å². The lowest BCUT2D eigenvalue weighted by atomic mass is 10.2. The molecule has 0 aromatic rings. The second-order valence-corrected chi connectivity index (χ2v) is 4.63. The molecule has 96 valence electrons. The van der Waals surface area contributed by atoms with Crippen molar-refractivity contribution >= 4 is 0 Å². The molecule has 1 fully saturated rings. The van der Waals surface area contributed by atoms with Crippen molar-refractivity contribution in [2.24, 2.45) is 0 Å². The molecule has 4 nitrogen and oxygen atoms in total. The third-order valence-electron chi connectivity index (χ3n) is 3.17. The molecule has 1 heterocycles. The third-order valence-corrected chi connectivity index (χ3v) is 3.17. The zero-order chi connectivity index (χ0) is 11.8. The first kappa shape index (κ1) is 13.9. The van der Waals surface area contributed by atoms with Crippen LogP contribution in [0.3, 0.4) is 0 Å². The molecular weight excluding hydrogens is 204 g/mol. The first-order valence-corrected chi connectivity index (χ1v) is 6.39. The van der Waals surface area contributed by atoms with Gasteiger partial charge in [-0.25, -0.2) is 0 Å². The van der Waals surface area contributed by atoms with Gasteiger partial charge in [0.15, 0.2) is 0 Å². The summed E-state index contributed by atoms with van der Waals surface area (Å²) in [5, 5.41) is 13.2. The fourth-order valence-corrected chi connectivity index (χ4v) is 2.15. The Morgan fingerprint density at radius 2 is 2.06 bits per heavy atom. The zero-order valence-corrected chi connectivity index (χ0v) is 10.6. The van der Waals surface area contributed by atoms with Crippen molar-refractivity contribution in [3.63, 3.8) is 0 Å². The minimum absolute atomic E-state index is 0.260. The van der Waals surface area contributed by atoms with Crippen LogP contribution in [0.5, 0.6) is 0 Å². The average molecular weight is 230 g/mol. The first-order chi connectivity index (χ1) is 7.76. The van der Waals surface area contributed by atoms with Gasteiger partial charge in [-0.15, -0.1) is 0 Å². The molecule has 0 aromatic heterocycles. The van der Waals surface area contributed by atoms with Crippen LogP contribution in [0.2, 0.25) is 0 Å². The van der Waals surface area contributed by atoms with E-state index in [0.29, 0.717) is 19.2 Å². The standard InChI is InChI=1S/C12H26N2O2/c1-3-11(10-16-2)13-8-12(15)9-14-6-4-5-7-14/h11-13,15H,3-10H2,1-2H3. The summed E-state index contributed by atoms with van der Waals surface area (Å²) in [4.78, 5) is 2.34. The Morgan fingerprint density at radius 3 is 2.62 bits per heavy atom. The van der Waals surface area contributed by atoms with E-state index in [-0.39, 0.29) is 6.10 Å². The van der Waals surface area contributed by atoms with E-state index >= 15 is 0 Å². The summed E-state index contributed by atoms with van der Waals surface area (Å²) in [6.07, 6.45) is 3.33. The molecule has 2 atom stereocenters. The molecule has 16 heavy (non-hydrogen) atoms. The highest BCUT2D eigenvalue weighted by Gasteiger charge is 2.16. The molecule has 4 heteroatoms. The highest BCUT2D eigenvalue weighted by Crippen LogP contribution is 2.07. The van der Waals surface area contributed by atoms with Gasteiger partial charge in [0.1, 0.15) is 0 Å². The van der Waals surface area contributed by atoms with Crippen molar-refractivity contribution in [2.45, 2.75) is 38.3 Å². The Balaban J connectivity index is 2.10. The van der Waals surface area contributed by atoms with Gasteiger partial charge >= 0.3 is 0 Å². The number of ether oxygens (including phenoxy) is 1. The largest absolute Gasteiger partial charge is 0.390 e. The Labute approximate surface area is 99.0 Å². The van der Waals surface area contributed by atoms with Crippen LogP contribution in [0.4, 0.5) is 0 Å². The normalized spacial score (nSPS) is 21.2. The molecule has 1 saturated heterocycles. The van der Waals surface area contributed by atoms with Gasteiger partial charge in [0.25, 0.3) is 0 Å². The number of methoxy groups -OCH3 is 1. The van der Waals surface area contributed by atoms with E-state index in [2.05, 4.69) is 17.1 Å². The van der Waals surface area contributed by atoms with Gasteiger partial charge in [0.2, 0.25) is 0 Å². The molecule has 1 rings (SSSR count). The first-order valence-electron chi connectivity index (χ1n) is 6.39. The molecular formula is C12H26N2O2. The summed E-state index contributed by atoms with van der Waals surface area (Å²) in [6, 6.07) is 0.359. The molecule has 2 unspecified atom stereocenters. The predicted molar refractivity (Wildman–Crippen MR) is 65.6 cm³/mol. The van der Waals surface area contributed by atoms with Gasteiger partial charge in [-0.3, -0.25) is 0 Å². The number of nitrogens with one attached hydrogen (secondary N) is 1. The topological polar surface area (TPSA) is 44.7 Å². The second kappa shape index (κ2) is 8.01. The fraction of sp³-hybridized carbons (Fsp3) is 1.00. The maximum absolute atomic E-state index is 9.88. The highest BCUT2D eigenvalue weighted by molar-refractivity contribution is 4.73. The van der Waals surface area contributed by atoms with Crippen molar-refractivity contribution in [1.82, 2.24) is 10.2 Å². The van der Waals surface area contributed by atoms with Gasteiger partial charge in [-0.2, -0.15) is 0 Å². The number of likely N-dealkylation sites (tertiary alicyclic amines) is 1. The highest BCUT2D eigenvalue weighted by atomic mass is 16.5. The minimum Gasteiger partial charge on any atom is -0.390 e. The average Bonchev–Trinajstić information content (AvgIpc) is 2.76. The Morgan fingerprint density at radius 1 is 1.38 bits per heavy atom. The molecule has 0 amide bonds. The Bertz CT molecular complexity index is 172. The van der Waals surface area contributed by atoms with Gasteiger partial charge in [0, 0.05) is 26.2 Å². The van der Waals surface area contributed by atoms with Crippen molar-refractivity contribution in [2.75, 3.05) is 39.9 Å². The number of nitrogens with zero attached hydrogens (tertiary/aromatic N) is 1. The van der Waals surface area contributed by atoms with E-state index in [9.17, 15) is 5.11 Å². The number of hydrogen-bond acceptors (Lipinski definition) is 4. The Kier molecular flexibility index (Phi) is 6.96. The lowest BCUT2D eigenvalue weighted by Crippen LogP contribution is -2.42. The summed E-state index contributed by atoms with van der Waals surface area (Å²) in [7, 11) is 1.71. The third kappa shape index (κ3) is 5.25. The van der Waals surface area contributed by atoms with E-state index in [4.69, 9.17) is 4.74 Å². The monoisotopic (exact) mass is 230 g/mol. The van der Waals surface area contributed by atoms with Gasteiger partial charge in [-0.05, 0) is 32.4 Å². The lowest BCUT2D eigenvalue weighted by Gasteiger charge is -2.22. The van der Waals surface area contributed by atoms with Crippen LogP contribution in [0.1, 0.15) is 26.2 Å². The maximum Gasteiger partial charge on any atom is 0.0791 e. The molecule has 2 N–H and O–H groups in total. The molecule has 0 aromatic carbocycles. The molecule has 0 radical (unpaired) electrons. The summed E-state index contributed by atoms with van der Waals surface area (Å²) in [6.45, 7) is 6.60. The van der Waals surface area contributed by atoms with Gasteiger partial charge in [0.05, 0.1) is 12.7 Å². The molecule has 0 aliphatic carbocycles. The van der Waals surface area contributed by atoms with Crippen molar-refractivity contribution < 1.29 is 9.84 Å². The van der Waals surface area contributed by atoms with Crippen molar-refractivity contribution in [3.8, 4) is 0 Å². The maximum atomic E-state index is 9.88. The van der Waals surface area contributed by atoms with Crippen molar-refractivity contribution in [3.05, 3.63) is 0 Å². The summed E-state index contributed by atoms with van der Waals surface area (Å²) >= 11 is 0. The second-order valence-electron chi connectivity index (χ2n) is 4.63. The predicted octanol–water partition coefficient (Wildman–Crippen LogP) is 0.458.